The molecule has 0 aliphatic carbocycles. The first-order valence-corrected chi connectivity index (χ1v) is 11.2. The highest BCUT2D eigenvalue weighted by molar-refractivity contribution is 6.30. The average molecular weight is 438 g/mol. The van der Waals surface area contributed by atoms with Crippen molar-refractivity contribution in [1.29, 1.82) is 0 Å². The van der Waals surface area contributed by atoms with Crippen molar-refractivity contribution in [2.45, 2.75) is 31.5 Å². The third-order valence-corrected chi connectivity index (χ3v) is 6.89. The number of benzene rings is 2. The highest BCUT2D eigenvalue weighted by Crippen LogP contribution is 2.39. The monoisotopic (exact) mass is 437 g/mol. The van der Waals surface area contributed by atoms with Gasteiger partial charge in [-0.25, -0.2) is 0 Å². The van der Waals surface area contributed by atoms with Gasteiger partial charge in [0, 0.05) is 36.8 Å². The number of rotatable bonds is 4. The Kier molecular flexibility index (Phi) is 5.46. The van der Waals surface area contributed by atoms with E-state index in [1.54, 1.807) is 7.11 Å². The van der Waals surface area contributed by atoms with Gasteiger partial charge in [-0.3, -0.25) is 9.80 Å². The smallest absolute Gasteiger partial charge is 0.164 e. The van der Waals surface area contributed by atoms with Gasteiger partial charge < -0.3 is 9.30 Å². The summed E-state index contributed by atoms with van der Waals surface area (Å²) in [6.45, 7) is 4.92. The second kappa shape index (κ2) is 8.26. The van der Waals surface area contributed by atoms with E-state index in [2.05, 4.69) is 55.9 Å². The van der Waals surface area contributed by atoms with Gasteiger partial charge in [0.1, 0.15) is 11.6 Å². The molecule has 2 aliphatic rings. The van der Waals surface area contributed by atoms with E-state index in [1.165, 1.54) is 5.56 Å². The zero-order valence-corrected chi connectivity index (χ0v) is 18.8. The van der Waals surface area contributed by atoms with E-state index in [0.717, 1.165) is 73.5 Å². The second-order valence-corrected chi connectivity index (χ2v) is 9.24. The maximum atomic E-state index is 6.04. The fourth-order valence-corrected chi connectivity index (χ4v) is 5.20. The van der Waals surface area contributed by atoms with Crippen LogP contribution in [0.25, 0.3) is 11.4 Å². The topological polar surface area (TPSA) is 46.4 Å². The molecule has 0 atom stereocenters. The molecule has 162 valence electrons. The van der Waals surface area contributed by atoms with Crippen LogP contribution in [0.3, 0.4) is 0 Å². The molecule has 5 rings (SSSR count). The van der Waals surface area contributed by atoms with Gasteiger partial charge in [-0.2, -0.15) is 0 Å². The quantitative estimate of drug-likeness (QED) is 0.616. The Morgan fingerprint density at radius 3 is 2.39 bits per heavy atom. The summed E-state index contributed by atoms with van der Waals surface area (Å²) in [5, 5.41) is 10.00. The fourth-order valence-electron chi connectivity index (χ4n) is 5.07. The van der Waals surface area contributed by atoms with E-state index < -0.39 is 0 Å². The molecule has 2 aliphatic heterocycles. The van der Waals surface area contributed by atoms with Crippen molar-refractivity contribution in [3.8, 4) is 17.1 Å². The van der Waals surface area contributed by atoms with Gasteiger partial charge in [-0.15, -0.1) is 10.2 Å². The van der Waals surface area contributed by atoms with E-state index in [-0.39, 0.29) is 5.54 Å². The van der Waals surface area contributed by atoms with Crippen LogP contribution in [0.15, 0.2) is 48.5 Å². The van der Waals surface area contributed by atoms with E-state index in [1.807, 2.05) is 24.3 Å². The molecular weight excluding hydrogens is 410 g/mol. The maximum absolute atomic E-state index is 6.04. The van der Waals surface area contributed by atoms with Gasteiger partial charge in [0.2, 0.25) is 0 Å². The third kappa shape index (κ3) is 3.95. The number of hydrogen-bond acceptors (Lipinski definition) is 5. The van der Waals surface area contributed by atoms with E-state index in [9.17, 15) is 0 Å². The molecule has 0 amide bonds. The lowest BCUT2D eigenvalue weighted by molar-refractivity contribution is 0.0490. The van der Waals surface area contributed by atoms with Crippen LogP contribution >= 0.6 is 11.6 Å². The molecule has 2 aromatic carbocycles. The second-order valence-electron chi connectivity index (χ2n) is 8.80. The standard InChI is InChI=1S/C24H28ClN5O/c1-28-16-22-26-27-23(19-5-9-21(31-2)10-6-19)30(22)24(17-28)11-13-29(14-12-24)15-18-3-7-20(25)8-4-18/h3-10H,11-17H2,1-2H3. The minimum Gasteiger partial charge on any atom is -0.497 e. The molecular formula is C24H28ClN5O. The van der Waals surface area contributed by atoms with Crippen molar-refractivity contribution in [3.05, 3.63) is 64.9 Å². The lowest BCUT2D eigenvalue weighted by atomic mass is 9.84. The number of likely N-dealkylation sites (tertiary alicyclic amines) is 1. The summed E-state index contributed by atoms with van der Waals surface area (Å²) in [6, 6.07) is 16.4. The summed E-state index contributed by atoms with van der Waals surface area (Å²) in [5.41, 5.74) is 2.43. The summed E-state index contributed by atoms with van der Waals surface area (Å²) in [4.78, 5) is 4.93. The zero-order valence-electron chi connectivity index (χ0n) is 18.1. The van der Waals surface area contributed by atoms with Crippen LogP contribution in [0.1, 0.15) is 24.2 Å². The summed E-state index contributed by atoms with van der Waals surface area (Å²) >= 11 is 6.04. The van der Waals surface area contributed by atoms with Crippen molar-refractivity contribution < 1.29 is 4.74 Å². The number of piperidine rings is 1. The molecule has 31 heavy (non-hydrogen) atoms. The van der Waals surface area contributed by atoms with Crippen LogP contribution in [-0.4, -0.2) is 58.4 Å². The van der Waals surface area contributed by atoms with Gasteiger partial charge in [-0.1, -0.05) is 23.7 Å². The number of hydrogen-bond donors (Lipinski definition) is 0. The van der Waals surface area contributed by atoms with Crippen LogP contribution in [0.4, 0.5) is 0 Å². The number of likely N-dealkylation sites (N-methyl/N-ethyl adjacent to an activating group) is 1. The number of methoxy groups -OCH3 is 1. The Morgan fingerprint density at radius 1 is 1.00 bits per heavy atom. The SMILES string of the molecule is COc1ccc(-c2nnc3n2C2(CCN(Cc4ccc(Cl)cc4)CC2)CN(C)C3)cc1. The number of halogens is 1. The van der Waals surface area contributed by atoms with Crippen molar-refractivity contribution in [1.82, 2.24) is 24.6 Å². The molecule has 0 N–H and O–H groups in total. The summed E-state index contributed by atoms with van der Waals surface area (Å²) in [7, 11) is 3.88. The number of ether oxygens (including phenoxy) is 1. The Morgan fingerprint density at radius 2 is 1.71 bits per heavy atom. The Balaban J connectivity index is 1.40. The van der Waals surface area contributed by atoms with Crippen LogP contribution in [-0.2, 0) is 18.6 Å². The van der Waals surface area contributed by atoms with E-state index in [0.29, 0.717) is 0 Å². The van der Waals surface area contributed by atoms with Gasteiger partial charge >= 0.3 is 0 Å². The lowest BCUT2D eigenvalue weighted by Gasteiger charge is -2.48. The predicted octanol–water partition coefficient (Wildman–Crippen LogP) is 4.04. The highest BCUT2D eigenvalue weighted by Gasteiger charge is 2.43. The first-order valence-electron chi connectivity index (χ1n) is 10.8. The van der Waals surface area contributed by atoms with Crippen molar-refractivity contribution in [2.24, 2.45) is 0 Å². The molecule has 3 aromatic rings. The van der Waals surface area contributed by atoms with Crippen LogP contribution in [0.5, 0.6) is 5.75 Å². The molecule has 0 radical (unpaired) electrons. The van der Waals surface area contributed by atoms with E-state index >= 15 is 0 Å². The van der Waals surface area contributed by atoms with Crippen LogP contribution in [0, 0.1) is 0 Å². The van der Waals surface area contributed by atoms with E-state index in [4.69, 9.17) is 16.3 Å². The Bertz CT molecular complexity index is 1040. The molecule has 1 fully saturated rings. The Labute approximate surface area is 188 Å². The maximum Gasteiger partial charge on any atom is 0.164 e. The highest BCUT2D eigenvalue weighted by atomic mass is 35.5. The molecule has 7 heteroatoms. The zero-order chi connectivity index (χ0) is 21.4. The Hall–Kier alpha value is -2.41. The first kappa shape index (κ1) is 20.5. The summed E-state index contributed by atoms with van der Waals surface area (Å²) in [6.07, 6.45) is 2.16. The number of nitrogens with zero attached hydrogens (tertiary/aromatic N) is 5. The van der Waals surface area contributed by atoms with Crippen molar-refractivity contribution >= 4 is 11.6 Å². The molecule has 0 bridgehead atoms. The minimum absolute atomic E-state index is 0.0254. The van der Waals surface area contributed by atoms with Crippen LogP contribution < -0.4 is 4.74 Å². The normalized spacial score (nSPS) is 18.8. The summed E-state index contributed by atoms with van der Waals surface area (Å²) < 4.78 is 7.77. The molecule has 0 unspecified atom stereocenters. The van der Waals surface area contributed by atoms with Gasteiger partial charge in [0.25, 0.3) is 0 Å². The van der Waals surface area contributed by atoms with Crippen molar-refractivity contribution in [2.75, 3.05) is 33.8 Å². The van der Waals surface area contributed by atoms with Crippen molar-refractivity contribution in [3.63, 3.8) is 0 Å². The number of fused-ring (bicyclic) bond motifs is 2. The number of aromatic nitrogens is 3. The molecule has 1 spiro atoms. The molecule has 1 saturated heterocycles. The van der Waals surface area contributed by atoms with Gasteiger partial charge in [0.05, 0.1) is 19.2 Å². The predicted molar refractivity (Wildman–Crippen MR) is 122 cm³/mol. The minimum atomic E-state index is 0.0254. The lowest BCUT2D eigenvalue weighted by Crippen LogP contribution is -2.55. The molecule has 3 heterocycles. The fraction of sp³-hybridized carbons (Fsp3) is 0.417. The summed E-state index contributed by atoms with van der Waals surface area (Å²) in [5.74, 6) is 2.88. The van der Waals surface area contributed by atoms with Gasteiger partial charge in [-0.05, 0) is 61.9 Å². The third-order valence-electron chi connectivity index (χ3n) is 6.63. The van der Waals surface area contributed by atoms with Crippen LogP contribution in [0.2, 0.25) is 5.02 Å². The molecule has 6 nitrogen and oxygen atoms in total. The molecule has 0 saturated carbocycles. The van der Waals surface area contributed by atoms with Gasteiger partial charge in [0.15, 0.2) is 5.82 Å². The molecule has 1 aromatic heterocycles. The average Bonchev–Trinajstić information content (AvgIpc) is 3.22. The largest absolute Gasteiger partial charge is 0.497 e. The first-order chi connectivity index (χ1) is 15.1.